The summed E-state index contributed by atoms with van der Waals surface area (Å²) < 4.78 is 26.6. The normalized spacial score (nSPS) is 12.0. The van der Waals surface area contributed by atoms with Crippen molar-refractivity contribution in [1.82, 2.24) is 5.32 Å². The summed E-state index contributed by atoms with van der Waals surface area (Å²) in [5.74, 6) is -1.82. The Morgan fingerprint density at radius 3 is 2.33 bits per heavy atom. The Kier molecular flexibility index (Phi) is 12.1. The number of hydrogen-bond donors (Lipinski definition) is 4. The zero-order valence-electron chi connectivity index (χ0n) is 18.4. The van der Waals surface area contributed by atoms with Crippen LogP contribution in [0.15, 0.2) is 48.5 Å². The summed E-state index contributed by atoms with van der Waals surface area (Å²) in [5.41, 5.74) is 0.446. The van der Waals surface area contributed by atoms with Gasteiger partial charge in [-0.15, -0.1) is 0 Å². The molecule has 0 bridgehead atoms. The van der Waals surface area contributed by atoms with Gasteiger partial charge in [-0.05, 0) is 12.1 Å². The van der Waals surface area contributed by atoms with Crippen molar-refractivity contribution in [2.75, 3.05) is 25.0 Å². The summed E-state index contributed by atoms with van der Waals surface area (Å²) >= 11 is -4.50. The van der Waals surface area contributed by atoms with Crippen molar-refractivity contribution >= 4 is 42.1 Å². The van der Waals surface area contributed by atoms with Crippen LogP contribution in [-0.4, -0.2) is 62.1 Å². The van der Waals surface area contributed by atoms with Crippen molar-refractivity contribution in [1.29, 1.82) is 0 Å². The number of rotatable bonds is 10. The number of anilines is 1. The zero-order valence-corrected chi connectivity index (χ0v) is 20.3. The van der Waals surface area contributed by atoms with Crippen molar-refractivity contribution in [2.45, 2.75) is 20.8 Å². The van der Waals surface area contributed by atoms with E-state index in [-0.39, 0.29) is 28.2 Å². The Labute approximate surface area is 194 Å². The first-order chi connectivity index (χ1) is 15.6. The van der Waals surface area contributed by atoms with Gasteiger partial charge in [-0.2, -0.15) is 0 Å². The number of carbonyl (C=O) groups excluding carboxylic acids is 2. The van der Waals surface area contributed by atoms with Crippen molar-refractivity contribution in [3.05, 3.63) is 54.1 Å². The van der Waals surface area contributed by atoms with Gasteiger partial charge in [0.2, 0.25) is 0 Å². The molecule has 4 N–H and O–H groups in total. The van der Waals surface area contributed by atoms with Crippen LogP contribution < -0.4 is 19.7 Å². The number of carboxylic acids is 1. The summed E-state index contributed by atoms with van der Waals surface area (Å²) in [7, 11) is 0. The molecule has 1 unspecified atom stereocenters. The predicted octanol–water partition coefficient (Wildman–Crippen LogP) is 1.65. The number of hydrogen-bond acceptors (Lipinski definition) is 9. The number of benzene rings is 2. The minimum atomic E-state index is -4.50. The Hall–Kier alpha value is -2.95. The van der Waals surface area contributed by atoms with Gasteiger partial charge in [0.25, 0.3) is 0 Å². The second-order valence-corrected chi connectivity index (χ2v) is 10.4. The van der Waals surface area contributed by atoms with Crippen LogP contribution in [0.4, 0.5) is 5.69 Å². The average Bonchev–Trinajstić information content (AvgIpc) is 2.76. The number of para-hydroxylation sites is 1. The van der Waals surface area contributed by atoms with E-state index in [4.69, 9.17) is 14.1 Å². The van der Waals surface area contributed by atoms with Crippen LogP contribution in [0, 0.1) is 0 Å². The van der Waals surface area contributed by atoms with Crippen LogP contribution in [0.2, 0.25) is 0 Å². The van der Waals surface area contributed by atoms with Gasteiger partial charge in [0, 0.05) is 6.92 Å². The van der Waals surface area contributed by atoms with E-state index >= 15 is 0 Å². The van der Waals surface area contributed by atoms with E-state index in [1.54, 1.807) is 24.3 Å². The average molecular weight is 526 g/mol. The summed E-state index contributed by atoms with van der Waals surface area (Å²) in [6.07, 6.45) is 0. The van der Waals surface area contributed by atoms with Crippen LogP contribution in [-0.2, 0) is 20.9 Å². The molecule has 33 heavy (non-hydrogen) atoms. The van der Waals surface area contributed by atoms with Crippen molar-refractivity contribution in [2.24, 2.45) is 0 Å². The molecule has 0 saturated heterocycles. The molecular weight excluding hydrogens is 499 g/mol. The number of ether oxygens (including phenoxy) is 1. The first-order valence-electron chi connectivity index (χ1n) is 9.80. The van der Waals surface area contributed by atoms with E-state index in [1.165, 1.54) is 38.1 Å². The number of carbonyl (C=O) groups is 3. The molecule has 0 saturated carbocycles. The van der Waals surface area contributed by atoms with E-state index < -0.39 is 26.1 Å². The van der Waals surface area contributed by atoms with Crippen LogP contribution in [0.3, 0.4) is 0 Å². The van der Waals surface area contributed by atoms with E-state index in [1.807, 2.05) is 6.92 Å². The molecule has 0 aliphatic heterocycles. The van der Waals surface area contributed by atoms with Crippen molar-refractivity contribution < 1.29 is 40.8 Å². The van der Waals surface area contributed by atoms with Gasteiger partial charge in [0.15, 0.2) is 0 Å². The molecule has 1 amide bonds. The fourth-order valence-electron chi connectivity index (χ4n) is 2.40. The maximum absolute atomic E-state index is 12.4. The van der Waals surface area contributed by atoms with Crippen LogP contribution in [0.1, 0.15) is 31.1 Å². The number of carboxylic acid groups (broad SMARTS) is 1. The molecule has 0 heterocycles. The van der Waals surface area contributed by atoms with Gasteiger partial charge in [0.05, 0.1) is 0 Å². The molecule has 2 aromatic carbocycles. The summed E-state index contributed by atoms with van der Waals surface area (Å²) in [6, 6.07) is 12.2. The molecule has 12 heteroatoms. The predicted molar refractivity (Wildman–Crippen MR) is 120 cm³/mol. The Morgan fingerprint density at radius 2 is 1.76 bits per heavy atom. The Balaban J connectivity index is 0.000000361. The number of nitrogens with one attached hydrogen (secondary N) is 2. The molecule has 0 radical (unpaired) electrons. The molecule has 0 fully saturated rings. The molecule has 0 spiro atoms. The minimum absolute atomic E-state index is 0.0160. The van der Waals surface area contributed by atoms with Crippen LogP contribution in [0.5, 0.6) is 5.75 Å². The third-order valence-corrected chi connectivity index (χ3v) is 7.21. The molecule has 2 aromatic rings. The molecule has 11 nitrogen and oxygen atoms in total. The number of likely N-dealkylation sites (N-methyl/N-ethyl adjacent to an activating group) is 1. The van der Waals surface area contributed by atoms with Gasteiger partial charge in [-0.1, -0.05) is 12.1 Å². The van der Waals surface area contributed by atoms with Crippen molar-refractivity contribution in [3.8, 4) is 5.75 Å². The number of aromatic carboxylic acids is 1. The first-order valence-corrected chi connectivity index (χ1v) is 13.0. The van der Waals surface area contributed by atoms with E-state index in [0.29, 0.717) is 12.2 Å². The van der Waals surface area contributed by atoms with Gasteiger partial charge in [-0.25, -0.2) is 4.79 Å². The molecule has 0 aliphatic carbocycles. The third kappa shape index (κ3) is 10.0. The summed E-state index contributed by atoms with van der Waals surface area (Å²) in [5, 5.41) is 23.2. The van der Waals surface area contributed by atoms with E-state index in [2.05, 4.69) is 19.2 Å². The molecule has 1 atom stereocenters. The SMILES string of the molecule is CC(=O)Oc1ccccc1C(=O)O.CCNCCO[As](=O)(OO)c1cccc(NC(C)=O)c1. The monoisotopic (exact) mass is 526 g/mol. The topological polar surface area (TPSA) is 160 Å². The van der Waals surface area contributed by atoms with Crippen LogP contribution in [0.25, 0.3) is 0 Å². The molecule has 0 aromatic heterocycles. The quantitative estimate of drug-likeness (QED) is 0.0895. The fraction of sp³-hybridized carbons (Fsp3) is 0.286. The summed E-state index contributed by atoms with van der Waals surface area (Å²) in [6.45, 7) is 5.93. The van der Waals surface area contributed by atoms with E-state index in [9.17, 15) is 18.1 Å². The van der Waals surface area contributed by atoms with Gasteiger partial charge in [0.1, 0.15) is 11.3 Å². The maximum atomic E-state index is 12.4. The standard InChI is InChI=1S/C12H19AsN2O5.C9H8O4/c1-3-14-7-8-19-13(17,20-18)11-5-4-6-12(9-11)15-10(2)16;1-6(10)13-8-5-3-2-4-7(8)9(11)12/h4-6,9,14,18H,3,7-8H2,1-2H3,(H,15,16);2-5H,1H3,(H,11,12). The Morgan fingerprint density at radius 1 is 1.06 bits per heavy atom. The zero-order chi connectivity index (χ0) is 24.9. The van der Waals surface area contributed by atoms with Gasteiger partial charge in [-0.3, -0.25) is 4.79 Å². The number of esters is 1. The fourth-order valence-corrected chi connectivity index (χ4v) is 4.90. The van der Waals surface area contributed by atoms with Gasteiger partial charge >= 0.3 is 132 Å². The van der Waals surface area contributed by atoms with Gasteiger partial charge < -0.3 is 9.84 Å². The van der Waals surface area contributed by atoms with Crippen molar-refractivity contribution in [3.63, 3.8) is 0 Å². The van der Waals surface area contributed by atoms with E-state index in [0.717, 1.165) is 6.54 Å². The molecule has 0 aliphatic rings. The molecular formula is C21H27AsN2O9. The number of amides is 1. The summed E-state index contributed by atoms with van der Waals surface area (Å²) in [4.78, 5) is 32.2. The second-order valence-electron chi connectivity index (χ2n) is 6.39. The second kappa shape index (κ2) is 14.2. The Bertz CT molecular complexity index is 997. The first kappa shape index (κ1) is 28.1. The third-order valence-electron chi connectivity index (χ3n) is 3.75. The van der Waals surface area contributed by atoms with Crippen LogP contribution >= 0.6 is 0 Å². The molecule has 180 valence electrons. The molecule has 2 rings (SSSR count).